The van der Waals surface area contributed by atoms with E-state index in [0.717, 1.165) is 12.1 Å². The van der Waals surface area contributed by atoms with Gasteiger partial charge in [-0.1, -0.05) is 0 Å². The van der Waals surface area contributed by atoms with Gasteiger partial charge in [0.2, 0.25) is 15.9 Å². The predicted molar refractivity (Wildman–Crippen MR) is 84.3 cm³/mol. The van der Waals surface area contributed by atoms with Crippen LogP contribution in [0.1, 0.15) is 6.42 Å². The number of piperazine rings is 1. The van der Waals surface area contributed by atoms with Gasteiger partial charge < -0.3 is 4.90 Å². The lowest BCUT2D eigenvalue weighted by atomic mass is 10.3. The number of carbonyl (C=O) groups is 1. The van der Waals surface area contributed by atoms with Crippen LogP contribution in [-0.2, 0) is 14.8 Å². The second-order valence-corrected chi connectivity index (χ2v) is 9.18. The highest BCUT2D eigenvalue weighted by molar-refractivity contribution is 7.89. The van der Waals surface area contributed by atoms with E-state index in [0.29, 0.717) is 19.5 Å². The summed E-state index contributed by atoms with van der Waals surface area (Å²) in [5.41, 5.74) is 0. The standard InChI is InChI=1S/C14H15Cl2FN2O3S/c15-14(16)9-12(14)13(20)18-5-7-19(8-6-18)23(21,22)11-3-1-10(17)2-4-11/h1-4,12H,5-9H2/t12-/m1/s1. The van der Waals surface area contributed by atoms with Crippen LogP contribution in [0.15, 0.2) is 29.2 Å². The fourth-order valence-electron chi connectivity index (χ4n) is 2.61. The lowest BCUT2D eigenvalue weighted by molar-refractivity contribution is -0.133. The van der Waals surface area contributed by atoms with Crippen molar-refractivity contribution < 1.29 is 17.6 Å². The van der Waals surface area contributed by atoms with Crippen LogP contribution in [-0.4, -0.2) is 54.0 Å². The number of hydrogen-bond acceptors (Lipinski definition) is 3. The van der Waals surface area contributed by atoms with Crippen LogP contribution < -0.4 is 0 Å². The monoisotopic (exact) mass is 380 g/mol. The van der Waals surface area contributed by atoms with Crippen molar-refractivity contribution in [3.05, 3.63) is 30.1 Å². The van der Waals surface area contributed by atoms with Gasteiger partial charge in [-0.3, -0.25) is 4.79 Å². The quantitative estimate of drug-likeness (QED) is 0.751. The first-order valence-electron chi connectivity index (χ1n) is 7.14. The molecule has 0 spiro atoms. The molecule has 0 bridgehead atoms. The minimum atomic E-state index is -3.68. The van der Waals surface area contributed by atoms with Crippen molar-refractivity contribution in [3.63, 3.8) is 0 Å². The second-order valence-electron chi connectivity index (χ2n) is 5.70. The molecule has 0 aromatic heterocycles. The molecular formula is C14H15Cl2FN2O3S. The molecule has 2 aliphatic rings. The average molecular weight is 381 g/mol. The first-order valence-corrected chi connectivity index (χ1v) is 9.34. The van der Waals surface area contributed by atoms with Crippen molar-refractivity contribution in [1.82, 2.24) is 9.21 Å². The summed E-state index contributed by atoms with van der Waals surface area (Å²) in [5, 5.41) is 0. The summed E-state index contributed by atoms with van der Waals surface area (Å²) in [6, 6.07) is 4.70. The number of nitrogens with zero attached hydrogens (tertiary/aromatic N) is 2. The highest BCUT2D eigenvalue weighted by Gasteiger charge is 2.57. The van der Waals surface area contributed by atoms with E-state index in [1.165, 1.54) is 16.4 Å². The zero-order valence-corrected chi connectivity index (χ0v) is 14.4. The van der Waals surface area contributed by atoms with Gasteiger partial charge in [-0.15, -0.1) is 23.2 Å². The molecule has 0 unspecified atom stereocenters. The predicted octanol–water partition coefficient (Wildman–Crippen LogP) is 1.85. The molecule has 1 heterocycles. The van der Waals surface area contributed by atoms with E-state index in [4.69, 9.17) is 23.2 Å². The van der Waals surface area contributed by atoms with Crippen LogP contribution in [0, 0.1) is 11.7 Å². The van der Waals surface area contributed by atoms with Crippen molar-refractivity contribution in [3.8, 4) is 0 Å². The van der Waals surface area contributed by atoms with Gasteiger partial charge in [-0.05, 0) is 30.7 Å². The van der Waals surface area contributed by atoms with Gasteiger partial charge in [-0.25, -0.2) is 12.8 Å². The molecule has 1 saturated heterocycles. The number of hydrogen-bond donors (Lipinski definition) is 0. The maximum absolute atomic E-state index is 12.9. The number of carbonyl (C=O) groups excluding carboxylic acids is 1. The molecule has 9 heteroatoms. The third-order valence-corrected chi connectivity index (χ3v) is 6.87. The van der Waals surface area contributed by atoms with E-state index in [2.05, 4.69) is 0 Å². The largest absolute Gasteiger partial charge is 0.340 e. The summed E-state index contributed by atoms with van der Waals surface area (Å²) in [4.78, 5) is 13.8. The van der Waals surface area contributed by atoms with Crippen LogP contribution in [0.25, 0.3) is 0 Å². The Kier molecular flexibility index (Phi) is 4.33. The smallest absolute Gasteiger partial charge is 0.243 e. The zero-order chi connectivity index (χ0) is 16.8. The first kappa shape index (κ1) is 17.0. The minimum absolute atomic E-state index is 0.0430. The minimum Gasteiger partial charge on any atom is -0.340 e. The fourth-order valence-corrected chi connectivity index (χ4v) is 4.52. The Morgan fingerprint density at radius 2 is 1.65 bits per heavy atom. The third kappa shape index (κ3) is 3.33. The molecule has 1 aromatic rings. The molecule has 3 rings (SSSR count). The normalized spacial score (nSPS) is 24.5. The number of alkyl halides is 2. The molecule has 5 nitrogen and oxygen atoms in total. The molecule has 1 aliphatic heterocycles. The first-order chi connectivity index (χ1) is 10.7. The van der Waals surface area contributed by atoms with Gasteiger partial charge in [0.15, 0.2) is 0 Å². The molecule has 0 N–H and O–H groups in total. The van der Waals surface area contributed by atoms with Crippen LogP contribution in [0.2, 0.25) is 0 Å². The number of amides is 1. The van der Waals surface area contributed by atoms with Gasteiger partial charge in [0.25, 0.3) is 0 Å². The van der Waals surface area contributed by atoms with Crippen LogP contribution in [0.3, 0.4) is 0 Å². The van der Waals surface area contributed by atoms with Crippen molar-refractivity contribution in [2.75, 3.05) is 26.2 Å². The molecule has 1 aliphatic carbocycles. The Labute approximate surface area is 144 Å². The van der Waals surface area contributed by atoms with Gasteiger partial charge in [0.1, 0.15) is 10.2 Å². The maximum atomic E-state index is 12.9. The molecule has 23 heavy (non-hydrogen) atoms. The highest BCUT2D eigenvalue weighted by atomic mass is 35.5. The lowest BCUT2D eigenvalue weighted by Crippen LogP contribution is -2.51. The SMILES string of the molecule is O=C([C@H]1CC1(Cl)Cl)N1CCN(S(=O)(=O)c2ccc(F)cc2)CC1. The Hall–Kier alpha value is -0.890. The maximum Gasteiger partial charge on any atom is 0.243 e. The molecule has 1 atom stereocenters. The van der Waals surface area contributed by atoms with Crippen LogP contribution in [0.5, 0.6) is 0 Å². The van der Waals surface area contributed by atoms with E-state index in [1.807, 2.05) is 0 Å². The van der Waals surface area contributed by atoms with Crippen molar-refractivity contribution in [2.45, 2.75) is 15.6 Å². The van der Waals surface area contributed by atoms with E-state index >= 15 is 0 Å². The van der Waals surface area contributed by atoms with E-state index in [-0.39, 0.29) is 23.9 Å². The molecular weight excluding hydrogens is 366 g/mol. The van der Waals surface area contributed by atoms with Gasteiger partial charge in [0.05, 0.1) is 10.8 Å². The molecule has 1 amide bonds. The summed E-state index contributed by atoms with van der Waals surface area (Å²) in [7, 11) is -3.68. The summed E-state index contributed by atoms with van der Waals surface area (Å²) in [5.74, 6) is -1.02. The van der Waals surface area contributed by atoms with Gasteiger partial charge in [0, 0.05) is 26.2 Å². The number of rotatable bonds is 3. The lowest BCUT2D eigenvalue weighted by Gasteiger charge is -2.34. The molecule has 126 valence electrons. The molecule has 1 aromatic carbocycles. The summed E-state index contributed by atoms with van der Waals surface area (Å²) in [6.45, 7) is 0.963. The third-order valence-electron chi connectivity index (χ3n) is 4.13. The van der Waals surface area contributed by atoms with Crippen LogP contribution >= 0.6 is 23.2 Å². The highest BCUT2D eigenvalue weighted by Crippen LogP contribution is 2.53. The van der Waals surface area contributed by atoms with Gasteiger partial charge >= 0.3 is 0 Å². The Morgan fingerprint density at radius 1 is 1.13 bits per heavy atom. The molecule has 0 radical (unpaired) electrons. The Bertz CT molecular complexity index is 716. The topological polar surface area (TPSA) is 57.7 Å². The summed E-state index contributed by atoms with van der Waals surface area (Å²) < 4.78 is 38.2. The zero-order valence-electron chi connectivity index (χ0n) is 12.1. The average Bonchev–Trinajstić information content (AvgIpc) is 3.16. The molecule has 1 saturated carbocycles. The Balaban J connectivity index is 1.64. The number of benzene rings is 1. The van der Waals surface area contributed by atoms with Crippen molar-refractivity contribution in [2.24, 2.45) is 5.92 Å². The number of halogens is 3. The van der Waals surface area contributed by atoms with Crippen molar-refractivity contribution in [1.29, 1.82) is 0 Å². The second kappa shape index (κ2) is 5.88. The van der Waals surface area contributed by atoms with Gasteiger partial charge in [-0.2, -0.15) is 4.31 Å². The van der Waals surface area contributed by atoms with E-state index in [9.17, 15) is 17.6 Å². The molecule has 2 fully saturated rings. The summed E-state index contributed by atoms with van der Waals surface area (Å²) >= 11 is 11.8. The number of sulfonamides is 1. The van der Waals surface area contributed by atoms with Crippen molar-refractivity contribution >= 4 is 39.1 Å². The summed E-state index contributed by atoms with van der Waals surface area (Å²) in [6.07, 6.45) is 0.434. The fraction of sp³-hybridized carbons (Fsp3) is 0.500. The van der Waals surface area contributed by atoms with Crippen LogP contribution in [0.4, 0.5) is 4.39 Å². The van der Waals surface area contributed by atoms with E-state index in [1.54, 1.807) is 4.90 Å². The van der Waals surface area contributed by atoms with E-state index < -0.39 is 26.1 Å². The Morgan fingerprint density at radius 3 is 2.13 bits per heavy atom.